The molecular weight excluding hydrogens is 226 g/mol. The van der Waals surface area contributed by atoms with Crippen molar-refractivity contribution in [3.05, 3.63) is 65.7 Å². The largest absolute Gasteiger partial charge is 0.392 e. The summed E-state index contributed by atoms with van der Waals surface area (Å²) in [4.78, 5) is 13.8. The van der Waals surface area contributed by atoms with Gasteiger partial charge in [0.05, 0.1) is 6.61 Å². The zero-order valence-corrected chi connectivity index (χ0v) is 10.2. The molecular formula is C15H15NO2. The minimum Gasteiger partial charge on any atom is -0.392 e. The molecule has 0 radical (unpaired) electrons. The van der Waals surface area contributed by atoms with Gasteiger partial charge >= 0.3 is 0 Å². The molecule has 0 fully saturated rings. The number of aliphatic hydroxyl groups is 1. The Balaban J connectivity index is 2.20. The maximum Gasteiger partial charge on any atom is 0.258 e. The minimum atomic E-state index is -0.0488. The highest BCUT2D eigenvalue weighted by molar-refractivity contribution is 6.05. The molecule has 1 N–H and O–H groups in total. The molecule has 0 saturated carbocycles. The van der Waals surface area contributed by atoms with Crippen LogP contribution in [0.4, 0.5) is 5.69 Å². The van der Waals surface area contributed by atoms with Gasteiger partial charge in [0, 0.05) is 18.3 Å². The molecule has 2 aromatic carbocycles. The van der Waals surface area contributed by atoms with Crippen LogP contribution >= 0.6 is 0 Å². The Bertz CT molecular complexity index is 520. The number of anilines is 1. The van der Waals surface area contributed by atoms with Crippen molar-refractivity contribution >= 4 is 11.6 Å². The molecule has 0 bridgehead atoms. The van der Waals surface area contributed by atoms with Gasteiger partial charge in [-0.2, -0.15) is 0 Å². The SMILES string of the molecule is CN(C(=O)c1ccccc1)c1ccc(CO)cc1. The van der Waals surface area contributed by atoms with Crippen molar-refractivity contribution in [3.8, 4) is 0 Å². The van der Waals surface area contributed by atoms with Gasteiger partial charge in [-0.05, 0) is 29.8 Å². The fourth-order valence-corrected chi connectivity index (χ4v) is 1.72. The van der Waals surface area contributed by atoms with Crippen molar-refractivity contribution in [2.75, 3.05) is 11.9 Å². The third-order valence-corrected chi connectivity index (χ3v) is 2.83. The molecule has 0 saturated heterocycles. The third-order valence-electron chi connectivity index (χ3n) is 2.83. The van der Waals surface area contributed by atoms with Crippen molar-refractivity contribution < 1.29 is 9.90 Å². The molecule has 2 aromatic rings. The van der Waals surface area contributed by atoms with Crippen LogP contribution in [0.15, 0.2) is 54.6 Å². The number of aliphatic hydroxyl groups excluding tert-OH is 1. The quantitative estimate of drug-likeness (QED) is 0.896. The Morgan fingerprint density at radius 2 is 1.67 bits per heavy atom. The number of carbonyl (C=O) groups is 1. The van der Waals surface area contributed by atoms with Crippen LogP contribution in [0.3, 0.4) is 0 Å². The molecule has 92 valence electrons. The van der Waals surface area contributed by atoms with E-state index in [4.69, 9.17) is 5.11 Å². The lowest BCUT2D eigenvalue weighted by Gasteiger charge is -2.17. The average molecular weight is 241 g/mol. The van der Waals surface area contributed by atoms with Gasteiger partial charge < -0.3 is 10.0 Å². The zero-order chi connectivity index (χ0) is 13.0. The summed E-state index contributed by atoms with van der Waals surface area (Å²) in [6.07, 6.45) is 0. The summed E-state index contributed by atoms with van der Waals surface area (Å²) in [7, 11) is 1.74. The summed E-state index contributed by atoms with van der Waals surface area (Å²) < 4.78 is 0. The van der Waals surface area contributed by atoms with E-state index in [1.165, 1.54) is 0 Å². The highest BCUT2D eigenvalue weighted by Crippen LogP contribution is 2.16. The molecule has 3 nitrogen and oxygen atoms in total. The van der Waals surface area contributed by atoms with Crippen LogP contribution in [0.2, 0.25) is 0 Å². The Morgan fingerprint density at radius 3 is 2.22 bits per heavy atom. The molecule has 2 rings (SSSR count). The minimum absolute atomic E-state index is 0.0105. The molecule has 1 amide bonds. The van der Waals surface area contributed by atoms with Crippen LogP contribution in [0.5, 0.6) is 0 Å². The van der Waals surface area contributed by atoms with E-state index >= 15 is 0 Å². The second-order valence-corrected chi connectivity index (χ2v) is 4.05. The van der Waals surface area contributed by atoms with E-state index in [9.17, 15) is 4.79 Å². The van der Waals surface area contributed by atoms with E-state index in [1.807, 2.05) is 42.5 Å². The predicted octanol–water partition coefficient (Wildman–Crippen LogP) is 2.46. The molecule has 0 aromatic heterocycles. The number of rotatable bonds is 3. The fourth-order valence-electron chi connectivity index (χ4n) is 1.72. The van der Waals surface area contributed by atoms with Crippen LogP contribution in [0.1, 0.15) is 15.9 Å². The average Bonchev–Trinajstić information content (AvgIpc) is 2.47. The van der Waals surface area contributed by atoms with Gasteiger partial charge in [-0.25, -0.2) is 0 Å². The molecule has 0 unspecified atom stereocenters. The number of carbonyl (C=O) groups excluding carboxylic acids is 1. The summed E-state index contributed by atoms with van der Waals surface area (Å²) in [5, 5.41) is 8.97. The second kappa shape index (κ2) is 5.47. The van der Waals surface area contributed by atoms with E-state index in [-0.39, 0.29) is 12.5 Å². The van der Waals surface area contributed by atoms with Gasteiger partial charge in [0.2, 0.25) is 0 Å². The summed E-state index contributed by atoms with van der Waals surface area (Å²) in [5.41, 5.74) is 2.30. The van der Waals surface area contributed by atoms with Crippen LogP contribution < -0.4 is 4.90 Å². The second-order valence-electron chi connectivity index (χ2n) is 4.05. The maximum absolute atomic E-state index is 12.2. The monoisotopic (exact) mass is 241 g/mol. The number of amides is 1. The molecule has 18 heavy (non-hydrogen) atoms. The lowest BCUT2D eigenvalue weighted by molar-refractivity contribution is 0.0993. The number of hydrogen-bond donors (Lipinski definition) is 1. The Hall–Kier alpha value is -2.13. The van der Waals surface area contributed by atoms with Crippen LogP contribution in [-0.4, -0.2) is 18.1 Å². The predicted molar refractivity (Wildman–Crippen MR) is 71.5 cm³/mol. The van der Waals surface area contributed by atoms with E-state index in [0.717, 1.165) is 11.3 Å². The van der Waals surface area contributed by atoms with Crippen LogP contribution in [-0.2, 0) is 6.61 Å². The number of hydrogen-bond acceptors (Lipinski definition) is 2. The highest BCUT2D eigenvalue weighted by Gasteiger charge is 2.12. The van der Waals surface area contributed by atoms with Crippen molar-refractivity contribution in [1.82, 2.24) is 0 Å². The summed E-state index contributed by atoms with van der Waals surface area (Å²) in [5.74, 6) is -0.0488. The third kappa shape index (κ3) is 2.57. The molecule has 0 spiro atoms. The first-order valence-electron chi connectivity index (χ1n) is 5.75. The van der Waals surface area contributed by atoms with E-state index in [1.54, 1.807) is 24.1 Å². The van der Waals surface area contributed by atoms with Gasteiger partial charge in [0.25, 0.3) is 5.91 Å². The van der Waals surface area contributed by atoms with Gasteiger partial charge in [-0.15, -0.1) is 0 Å². The van der Waals surface area contributed by atoms with Gasteiger partial charge in [-0.3, -0.25) is 4.79 Å². The lowest BCUT2D eigenvalue weighted by Crippen LogP contribution is -2.26. The van der Waals surface area contributed by atoms with E-state index < -0.39 is 0 Å². The van der Waals surface area contributed by atoms with Crippen molar-refractivity contribution in [1.29, 1.82) is 0 Å². The summed E-state index contributed by atoms with van der Waals surface area (Å²) >= 11 is 0. The van der Waals surface area contributed by atoms with Crippen molar-refractivity contribution in [2.24, 2.45) is 0 Å². The Morgan fingerprint density at radius 1 is 1.06 bits per heavy atom. The topological polar surface area (TPSA) is 40.5 Å². The summed E-state index contributed by atoms with van der Waals surface area (Å²) in [6, 6.07) is 16.4. The van der Waals surface area contributed by atoms with Gasteiger partial charge in [0.15, 0.2) is 0 Å². The van der Waals surface area contributed by atoms with Gasteiger partial charge in [0.1, 0.15) is 0 Å². The highest BCUT2D eigenvalue weighted by atomic mass is 16.3. The van der Waals surface area contributed by atoms with Gasteiger partial charge in [-0.1, -0.05) is 30.3 Å². The number of nitrogens with zero attached hydrogens (tertiary/aromatic N) is 1. The molecule has 0 aliphatic rings. The first-order chi connectivity index (χ1) is 8.72. The molecule has 3 heteroatoms. The molecule has 0 heterocycles. The van der Waals surface area contributed by atoms with Crippen LogP contribution in [0, 0.1) is 0 Å². The Kier molecular flexibility index (Phi) is 3.75. The van der Waals surface area contributed by atoms with Crippen LogP contribution in [0.25, 0.3) is 0 Å². The zero-order valence-electron chi connectivity index (χ0n) is 10.2. The van der Waals surface area contributed by atoms with E-state index in [0.29, 0.717) is 5.56 Å². The van der Waals surface area contributed by atoms with Crippen molar-refractivity contribution in [2.45, 2.75) is 6.61 Å². The summed E-state index contributed by atoms with van der Waals surface area (Å²) in [6.45, 7) is 0.0105. The lowest BCUT2D eigenvalue weighted by atomic mass is 10.1. The molecule has 0 aliphatic carbocycles. The first kappa shape index (κ1) is 12.3. The smallest absolute Gasteiger partial charge is 0.258 e. The molecule has 0 aliphatic heterocycles. The first-order valence-corrected chi connectivity index (χ1v) is 5.75. The van der Waals surface area contributed by atoms with E-state index in [2.05, 4.69) is 0 Å². The standard InChI is InChI=1S/C15H15NO2/c1-16(14-9-7-12(11-17)8-10-14)15(18)13-5-3-2-4-6-13/h2-10,17H,11H2,1H3. The molecule has 0 atom stereocenters. The van der Waals surface area contributed by atoms with Crippen molar-refractivity contribution in [3.63, 3.8) is 0 Å². The normalized spacial score (nSPS) is 10.1. The number of benzene rings is 2. The maximum atomic E-state index is 12.2. The Labute approximate surface area is 106 Å². The fraction of sp³-hybridized carbons (Fsp3) is 0.133.